The Balaban J connectivity index is 2.12. The van der Waals surface area contributed by atoms with Crippen molar-refractivity contribution in [3.8, 4) is 0 Å². The van der Waals surface area contributed by atoms with Gasteiger partial charge in [0.15, 0.2) is 5.78 Å². The smallest absolute Gasteiger partial charge is 0.159 e. The molecular weight excluding hydrogens is 172 g/mol. The molecule has 0 saturated heterocycles. The number of hydrogen-bond donors (Lipinski definition) is 0. The van der Waals surface area contributed by atoms with Crippen molar-refractivity contribution >= 4 is 5.78 Å². The van der Waals surface area contributed by atoms with Crippen LogP contribution >= 0.6 is 0 Å². The van der Waals surface area contributed by atoms with Gasteiger partial charge in [-0.1, -0.05) is 12.1 Å². The minimum Gasteiger partial charge on any atom is -0.295 e. The summed E-state index contributed by atoms with van der Waals surface area (Å²) in [5.74, 6) is 1.75. The second-order valence-electron chi connectivity index (χ2n) is 4.61. The van der Waals surface area contributed by atoms with Crippen molar-refractivity contribution < 1.29 is 4.79 Å². The fourth-order valence-electron chi connectivity index (χ4n) is 3.07. The van der Waals surface area contributed by atoms with Gasteiger partial charge in [-0.15, -0.1) is 0 Å². The first-order valence-corrected chi connectivity index (χ1v) is 5.40. The van der Waals surface area contributed by atoms with Crippen LogP contribution in [0.4, 0.5) is 0 Å². The Morgan fingerprint density at radius 3 is 2.64 bits per heavy atom. The van der Waals surface area contributed by atoms with Gasteiger partial charge in [0.1, 0.15) is 0 Å². The Morgan fingerprint density at radius 2 is 1.93 bits per heavy atom. The van der Waals surface area contributed by atoms with Crippen LogP contribution in [0.3, 0.4) is 0 Å². The zero-order chi connectivity index (χ0) is 9.71. The molecule has 0 N–H and O–H groups in total. The zero-order valence-corrected chi connectivity index (χ0v) is 8.42. The van der Waals surface area contributed by atoms with Crippen LogP contribution < -0.4 is 0 Å². The van der Waals surface area contributed by atoms with Crippen LogP contribution in [0.15, 0.2) is 18.2 Å². The first-order chi connectivity index (χ1) is 6.75. The van der Waals surface area contributed by atoms with Crippen molar-refractivity contribution in [1.29, 1.82) is 0 Å². The first-order valence-electron chi connectivity index (χ1n) is 5.40. The average Bonchev–Trinajstić information content (AvgIpc) is 2.77. The third-order valence-electron chi connectivity index (χ3n) is 3.81. The third kappa shape index (κ3) is 0.985. The van der Waals surface area contributed by atoms with Crippen molar-refractivity contribution in [2.45, 2.75) is 38.0 Å². The highest BCUT2D eigenvalue weighted by atomic mass is 16.1. The van der Waals surface area contributed by atoms with E-state index in [2.05, 4.69) is 12.1 Å². The maximum atomic E-state index is 11.3. The van der Waals surface area contributed by atoms with Crippen LogP contribution in [0, 0.1) is 0 Å². The van der Waals surface area contributed by atoms with Gasteiger partial charge in [-0.2, -0.15) is 0 Å². The lowest BCUT2D eigenvalue weighted by Crippen LogP contribution is -2.01. The molecule has 1 aromatic carbocycles. The second-order valence-corrected chi connectivity index (χ2v) is 4.61. The molecule has 14 heavy (non-hydrogen) atoms. The summed E-state index contributed by atoms with van der Waals surface area (Å²) < 4.78 is 0. The highest BCUT2D eigenvalue weighted by Crippen LogP contribution is 2.52. The molecule has 3 rings (SSSR count). The molecule has 0 aliphatic heterocycles. The molecule has 72 valence electrons. The van der Waals surface area contributed by atoms with E-state index in [0.29, 0.717) is 0 Å². The summed E-state index contributed by atoms with van der Waals surface area (Å²) in [6.07, 6.45) is 4.02. The summed E-state index contributed by atoms with van der Waals surface area (Å²) in [6, 6.07) is 6.29. The summed E-state index contributed by atoms with van der Waals surface area (Å²) >= 11 is 0. The van der Waals surface area contributed by atoms with Crippen LogP contribution in [-0.4, -0.2) is 5.78 Å². The number of ketones is 1. The minimum absolute atomic E-state index is 0.190. The van der Waals surface area contributed by atoms with E-state index in [4.69, 9.17) is 0 Å². The number of carbonyl (C=O) groups excluding carboxylic acids is 1. The molecule has 1 nitrogen and oxygen atoms in total. The molecule has 1 aromatic rings. The molecular formula is C13H14O. The largest absolute Gasteiger partial charge is 0.295 e. The quantitative estimate of drug-likeness (QED) is 0.615. The van der Waals surface area contributed by atoms with Crippen molar-refractivity contribution in [3.05, 3.63) is 34.9 Å². The number of benzene rings is 1. The van der Waals surface area contributed by atoms with Gasteiger partial charge >= 0.3 is 0 Å². The predicted octanol–water partition coefficient (Wildman–Crippen LogP) is 3.25. The Morgan fingerprint density at radius 1 is 1.21 bits per heavy atom. The van der Waals surface area contributed by atoms with E-state index < -0.39 is 0 Å². The lowest BCUT2D eigenvalue weighted by molar-refractivity contribution is 0.101. The molecule has 0 unspecified atom stereocenters. The second kappa shape index (κ2) is 2.69. The summed E-state index contributed by atoms with van der Waals surface area (Å²) in [5, 5.41) is 0. The summed E-state index contributed by atoms with van der Waals surface area (Å²) in [6.45, 7) is 1.65. The molecule has 0 spiro atoms. The molecule has 2 aliphatic rings. The van der Waals surface area contributed by atoms with Crippen molar-refractivity contribution in [2.75, 3.05) is 0 Å². The van der Waals surface area contributed by atoms with Gasteiger partial charge < -0.3 is 0 Å². The van der Waals surface area contributed by atoms with Gasteiger partial charge in [-0.05, 0) is 55.2 Å². The molecule has 2 bridgehead atoms. The van der Waals surface area contributed by atoms with Crippen LogP contribution in [0.25, 0.3) is 0 Å². The average molecular weight is 186 g/mol. The minimum atomic E-state index is 0.190. The van der Waals surface area contributed by atoms with Crippen molar-refractivity contribution in [3.63, 3.8) is 0 Å². The number of hydrogen-bond acceptors (Lipinski definition) is 1. The maximum absolute atomic E-state index is 11.3. The Labute approximate surface area is 84.1 Å². The molecule has 1 heteroatoms. The molecule has 0 radical (unpaired) electrons. The van der Waals surface area contributed by atoms with Crippen LogP contribution in [0.1, 0.15) is 59.5 Å². The highest BCUT2D eigenvalue weighted by molar-refractivity contribution is 5.94. The van der Waals surface area contributed by atoms with Crippen molar-refractivity contribution in [2.24, 2.45) is 0 Å². The monoisotopic (exact) mass is 186 g/mol. The van der Waals surface area contributed by atoms with Gasteiger partial charge in [-0.3, -0.25) is 4.79 Å². The summed E-state index contributed by atoms with van der Waals surface area (Å²) in [4.78, 5) is 11.3. The van der Waals surface area contributed by atoms with Gasteiger partial charge in [0.25, 0.3) is 0 Å². The van der Waals surface area contributed by atoms with E-state index in [1.807, 2.05) is 6.07 Å². The van der Waals surface area contributed by atoms with Gasteiger partial charge in [0.05, 0.1) is 0 Å². The molecule has 0 aromatic heterocycles. The molecule has 2 aliphatic carbocycles. The van der Waals surface area contributed by atoms with Crippen LogP contribution in [0.2, 0.25) is 0 Å². The summed E-state index contributed by atoms with van der Waals surface area (Å²) in [7, 11) is 0. The van der Waals surface area contributed by atoms with E-state index in [1.54, 1.807) is 6.92 Å². The normalized spacial score (nSPS) is 27.8. The van der Waals surface area contributed by atoms with E-state index in [9.17, 15) is 4.79 Å². The SMILES string of the molecule is CC(=O)c1ccc2c(c1)[C@H]1CC[C@H]2C1. The number of carbonyl (C=O) groups is 1. The van der Waals surface area contributed by atoms with Crippen LogP contribution in [0.5, 0.6) is 0 Å². The topological polar surface area (TPSA) is 17.1 Å². The molecule has 0 heterocycles. The maximum Gasteiger partial charge on any atom is 0.159 e. The Hall–Kier alpha value is -1.11. The van der Waals surface area contributed by atoms with E-state index in [0.717, 1.165) is 17.4 Å². The lowest BCUT2D eigenvalue weighted by Gasteiger charge is -2.15. The standard InChI is InChI=1S/C13H14O/c1-8(14)9-4-5-12-10-2-3-11(6-10)13(12)7-9/h4-5,7,10-11H,2-3,6H2,1H3/t10-,11-/m0/s1. The summed E-state index contributed by atoms with van der Waals surface area (Å²) in [5.41, 5.74) is 3.87. The Kier molecular flexibility index (Phi) is 1.58. The first kappa shape index (κ1) is 8.22. The molecule has 1 saturated carbocycles. The predicted molar refractivity (Wildman–Crippen MR) is 55.8 cm³/mol. The fraction of sp³-hybridized carbons (Fsp3) is 0.462. The molecule has 0 amide bonds. The molecule has 1 fully saturated rings. The number of rotatable bonds is 1. The van der Waals surface area contributed by atoms with E-state index in [-0.39, 0.29) is 5.78 Å². The van der Waals surface area contributed by atoms with Gasteiger partial charge in [-0.25, -0.2) is 0 Å². The van der Waals surface area contributed by atoms with Gasteiger partial charge in [0.2, 0.25) is 0 Å². The van der Waals surface area contributed by atoms with Crippen LogP contribution in [-0.2, 0) is 0 Å². The van der Waals surface area contributed by atoms with Gasteiger partial charge in [0, 0.05) is 5.56 Å². The highest BCUT2D eigenvalue weighted by Gasteiger charge is 2.36. The number of fused-ring (bicyclic) bond motifs is 5. The van der Waals surface area contributed by atoms with E-state index >= 15 is 0 Å². The van der Waals surface area contributed by atoms with E-state index in [1.165, 1.54) is 30.4 Å². The van der Waals surface area contributed by atoms with Crippen molar-refractivity contribution in [1.82, 2.24) is 0 Å². The number of Topliss-reactive ketones (excluding diaryl/α,β-unsaturated/α-hetero) is 1. The lowest BCUT2D eigenvalue weighted by atomic mass is 9.90. The zero-order valence-electron chi connectivity index (χ0n) is 8.42. The Bertz CT molecular complexity index is 406. The fourth-order valence-corrected chi connectivity index (χ4v) is 3.07. The molecule has 2 atom stereocenters. The third-order valence-corrected chi connectivity index (χ3v) is 3.81.